The molecule has 31 heavy (non-hydrogen) atoms. The second-order valence-corrected chi connectivity index (χ2v) is 8.77. The summed E-state index contributed by atoms with van der Waals surface area (Å²) in [6, 6.07) is 8.36. The minimum absolute atomic E-state index is 0.0740. The third-order valence-corrected chi connectivity index (χ3v) is 6.52. The molecule has 2 aliphatic rings. The van der Waals surface area contributed by atoms with E-state index in [-0.39, 0.29) is 17.8 Å². The van der Waals surface area contributed by atoms with Crippen LogP contribution in [0.1, 0.15) is 32.3 Å². The SMILES string of the molecule is CCNC(=NCC1CCN(Cc2ccc(OC)cc2)CC1)N1CC(C)C(C(=O)OC)C1. The average molecular weight is 431 g/mol. The van der Waals surface area contributed by atoms with Gasteiger partial charge in [-0.25, -0.2) is 0 Å². The van der Waals surface area contributed by atoms with Crippen molar-refractivity contribution in [3.63, 3.8) is 0 Å². The monoisotopic (exact) mass is 430 g/mol. The Morgan fingerprint density at radius 1 is 1.16 bits per heavy atom. The molecule has 0 amide bonds. The Hall–Kier alpha value is -2.28. The van der Waals surface area contributed by atoms with Crippen LogP contribution in [0, 0.1) is 17.8 Å². The predicted molar refractivity (Wildman–Crippen MR) is 123 cm³/mol. The first-order valence-electron chi connectivity index (χ1n) is 11.5. The second kappa shape index (κ2) is 11.4. The molecule has 1 aromatic carbocycles. The molecule has 2 heterocycles. The zero-order chi connectivity index (χ0) is 22.2. The van der Waals surface area contributed by atoms with E-state index < -0.39 is 0 Å². The molecule has 2 saturated heterocycles. The number of nitrogens with one attached hydrogen (secondary N) is 1. The Balaban J connectivity index is 1.49. The molecule has 2 fully saturated rings. The fourth-order valence-electron chi connectivity index (χ4n) is 4.56. The number of carbonyl (C=O) groups excluding carboxylic acids is 1. The second-order valence-electron chi connectivity index (χ2n) is 8.77. The average Bonchev–Trinajstić information content (AvgIpc) is 3.19. The van der Waals surface area contributed by atoms with Gasteiger partial charge in [-0.05, 0) is 62.4 Å². The molecule has 1 N–H and O–H groups in total. The zero-order valence-corrected chi connectivity index (χ0v) is 19.5. The summed E-state index contributed by atoms with van der Waals surface area (Å²) in [6.45, 7) is 10.6. The summed E-state index contributed by atoms with van der Waals surface area (Å²) in [5.41, 5.74) is 1.33. The van der Waals surface area contributed by atoms with Gasteiger partial charge in [0, 0.05) is 32.7 Å². The van der Waals surface area contributed by atoms with E-state index in [0.717, 1.165) is 51.0 Å². The lowest BCUT2D eigenvalue weighted by atomic mass is 9.96. The van der Waals surface area contributed by atoms with Crippen molar-refractivity contribution in [2.75, 3.05) is 53.5 Å². The Kier molecular flexibility index (Phi) is 8.58. The molecule has 0 aromatic heterocycles. The van der Waals surface area contributed by atoms with Crippen LogP contribution in [0.4, 0.5) is 0 Å². The fourth-order valence-corrected chi connectivity index (χ4v) is 4.56. The van der Waals surface area contributed by atoms with Crippen LogP contribution < -0.4 is 10.1 Å². The maximum Gasteiger partial charge on any atom is 0.310 e. The summed E-state index contributed by atoms with van der Waals surface area (Å²) < 4.78 is 10.2. The molecule has 0 spiro atoms. The van der Waals surface area contributed by atoms with Gasteiger partial charge < -0.3 is 19.7 Å². The van der Waals surface area contributed by atoms with Crippen LogP contribution in [0.3, 0.4) is 0 Å². The maximum atomic E-state index is 12.0. The van der Waals surface area contributed by atoms with Crippen molar-refractivity contribution >= 4 is 11.9 Å². The maximum absolute atomic E-state index is 12.0. The third-order valence-electron chi connectivity index (χ3n) is 6.52. The van der Waals surface area contributed by atoms with Crippen LogP contribution in [0.2, 0.25) is 0 Å². The Morgan fingerprint density at radius 2 is 1.87 bits per heavy atom. The van der Waals surface area contributed by atoms with Gasteiger partial charge in [0.1, 0.15) is 5.75 Å². The van der Waals surface area contributed by atoms with E-state index in [4.69, 9.17) is 14.5 Å². The first-order chi connectivity index (χ1) is 15.0. The summed E-state index contributed by atoms with van der Waals surface area (Å²) in [5, 5.41) is 3.42. The minimum atomic E-state index is -0.116. The lowest BCUT2D eigenvalue weighted by Crippen LogP contribution is -2.41. The summed E-state index contributed by atoms with van der Waals surface area (Å²) in [4.78, 5) is 21.7. The molecule has 0 saturated carbocycles. The van der Waals surface area contributed by atoms with E-state index in [1.807, 2.05) is 12.1 Å². The number of hydrogen-bond donors (Lipinski definition) is 1. The van der Waals surface area contributed by atoms with Crippen molar-refractivity contribution in [3.05, 3.63) is 29.8 Å². The largest absolute Gasteiger partial charge is 0.497 e. The summed E-state index contributed by atoms with van der Waals surface area (Å²) in [7, 11) is 3.17. The van der Waals surface area contributed by atoms with E-state index in [1.165, 1.54) is 25.5 Å². The number of likely N-dealkylation sites (tertiary alicyclic amines) is 2. The molecule has 2 unspecified atom stereocenters. The minimum Gasteiger partial charge on any atom is -0.497 e. The molecule has 2 aliphatic heterocycles. The number of aliphatic imine (C=N–C) groups is 1. The van der Waals surface area contributed by atoms with Crippen LogP contribution in [0.25, 0.3) is 0 Å². The highest BCUT2D eigenvalue weighted by atomic mass is 16.5. The summed E-state index contributed by atoms with van der Waals surface area (Å²) >= 11 is 0. The van der Waals surface area contributed by atoms with Crippen LogP contribution in [-0.2, 0) is 16.1 Å². The number of nitrogens with zero attached hydrogens (tertiary/aromatic N) is 3. The molecule has 172 valence electrons. The number of rotatable bonds is 7. The highest BCUT2D eigenvalue weighted by Gasteiger charge is 2.37. The van der Waals surface area contributed by atoms with Gasteiger partial charge in [0.05, 0.1) is 20.1 Å². The summed E-state index contributed by atoms with van der Waals surface area (Å²) in [5.74, 6) is 2.53. The fraction of sp³-hybridized carbons (Fsp3) is 0.667. The first kappa shape index (κ1) is 23.4. The molecule has 7 heteroatoms. The number of piperidine rings is 1. The van der Waals surface area contributed by atoms with Crippen molar-refractivity contribution in [3.8, 4) is 5.75 Å². The zero-order valence-electron chi connectivity index (χ0n) is 19.5. The molecule has 0 radical (unpaired) electrons. The molecular weight excluding hydrogens is 392 g/mol. The number of benzene rings is 1. The number of ether oxygens (including phenoxy) is 2. The van der Waals surface area contributed by atoms with Crippen LogP contribution in [0.5, 0.6) is 5.75 Å². The van der Waals surface area contributed by atoms with Gasteiger partial charge in [-0.1, -0.05) is 19.1 Å². The Labute approximate surface area is 186 Å². The molecule has 7 nitrogen and oxygen atoms in total. The topological polar surface area (TPSA) is 66.4 Å². The molecular formula is C24H38N4O3. The number of methoxy groups -OCH3 is 2. The van der Waals surface area contributed by atoms with Crippen LogP contribution >= 0.6 is 0 Å². The lowest BCUT2D eigenvalue weighted by molar-refractivity contribution is -0.145. The van der Waals surface area contributed by atoms with E-state index in [0.29, 0.717) is 12.5 Å². The third kappa shape index (κ3) is 6.35. The number of carbonyl (C=O) groups is 1. The van der Waals surface area contributed by atoms with Gasteiger partial charge in [0.2, 0.25) is 0 Å². The van der Waals surface area contributed by atoms with E-state index in [1.54, 1.807) is 7.11 Å². The van der Waals surface area contributed by atoms with Gasteiger partial charge in [-0.3, -0.25) is 14.7 Å². The van der Waals surface area contributed by atoms with E-state index >= 15 is 0 Å². The molecule has 0 aliphatic carbocycles. The van der Waals surface area contributed by atoms with Crippen molar-refractivity contribution in [1.29, 1.82) is 0 Å². The van der Waals surface area contributed by atoms with Crippen molar-refractivity contribution in [1.82, 2.24) is 15.1 Å². The normalized spacial score (nSPS) is 23.1. The lowest BCUT2D eigenvalue weighted by Gasteiger charge is -2.31. The van der Waals surface area contributed by atoms with Crippen molar-refractivity contribution in [2.45, 2.75) is 33.2 Å². The van der Waals surface area contributed by atoms with Gasteiger partial charge in [-0.15, -0.1) is 0 Å². The van der Waals surface area contributed by atoms with E-state index in [9.17, 15) is 4.79 Å². The van der Waals surface area contributed by atoms with Gasteiger partial charge in [-0.2, -0.15) is 0 Å². The van der Waals surface area contributed by atoms with Gasteiger partial charge in [0.15, 0.2) is 5.96 Å². The Bertz CT molecular complexity index is 729. The van der Waals surface area contributed by atoms with Crippen molar-refractivity contribution in [2.24, 2.45) is 22.7 Å². The molecule has 0 bridgehead atoms. The molecule has 2 atom stereocenters. The highest BCUT2D eigenvalue weighted by Crippen LogP contribution is 2.25. The first-order valence-corrected chi connectivity index (χ1v) is 11.5. The van der Waals surface area contributed by atoms with Gasteiger partial charge >= 0.3 is 5.97 Å². The van der Waals surface area contributed by atoms with Crippen LogP contribution in [0.15, 0.2) is 29.3 Å². The predicted octanol–water partition coefficient (Wildman–Crippen LogP) is 2.61. The van der Waals surface area contributed by atoms with Crippen LogP contribution in [-0.4, -0.2) is 75.2 Å². The highest BCUT2D eigenvalue weighted by molar-refractivity contribution is 5.82. The number of hydrogen-bond acceptors (Lipinski definition) is 5. The quantitative estimate of drug-likeness (QED) is 0.408. The standard InChI is InChI=1S/C24H38N4O3/c1-5-25-24(28-15-18(2)22(17-28)23(29)31-4)26-14-19-10-12-27(13-11-19)16-20-6-8-21(30-3)9-7-20/h6-9,18-19,22H,5,10-17H2,1-4H3,(H,25,26). The smallest absolute Gasteiger partial charge is 0.310 e. The summed E-state index contributed by atoms with van der Waals surface area (Å²) in [6.07, 6.45) is 2.33. The van der Waals surface area contributed by atoms with Crippen molar-refractivity contribution < 1.29 is 14.3 Å². The molecule has 3 rings (SSSR count). The number of guanidine groups is 1. The molecule has 1 aromatic rings. The number of esters is 1. The van der Waals surface area contributed by atoms with E-state index in [2.05, 4.69) is 41.1 Å². The van der Waals surface area contributed by atoms with Gasteiger partial charge in [0.25, 0.3) is 0 Å². The Morgan fingerprint density at radius 3 is 2.48 bits per heavy atom.